The average molecular weight is 299 g/mol. The van der Waals surface area contributed by atoms with E-state index in [-0.39, 0.29) is 11.9 Å². The summed E-state index contributed by atoms with van der Waals surface area (Å²) < 4.78 is 5.76. The molecule has 1 aliphatic rings. The predicted octanol–water partition coefficient (Wildman–Crippen LogP) is 1.51. The monoisotopic (exact) mass is 299 g/mol. The highest BCUT2D eigenvalue weighted by atomic mass is 16.5. The molecule has 1 saturated heterocycles. The first kappa shape index (κ1) is 18.4. The molecule has 3 N–H and O–H groups in total. The fraction of sp³-hybridized carbons (Fsp3) is 0.938. The van der Waals surface area contributed by atoms with Crippen LogP contribution in [0.2, 0.25) is 0 Å². The third-order valence-electron chi connectivity index (χ3n) is 4.16. The van der Waals surface area contributed by atoms with Gasteiger partial charge in [-0.2, -0.15) is 0 Å². The number of hydrogen-bond donors (Lipinski definition) is 2. The van der Waals surface area contributed by atoms with E-state index >= 15 is 0 Å². The van der Waals surface area contributed by atoms with Crippen molar-refractivity contribution in [1.82, 2.24) is 10.2 Å². The molecule has 2 unspecified atom stereocenters. The summed E-state index contributed by atoms with van der Waals surface area (Å²) in [5.74, 6) is -0.269. The van der Waals surface area contributed by atoms with Gasteiger partial charge in [-0.1, -0.05) is 0 Å². The number of nitrogens with one attached hydrogen (secondary N) is 1. The maximum atomic E-state index is 11.7. The highest BCUT2D eigenvalue weighted by Gasteiger charge is 2.30. The number of carbonyl (C=O) groups excluding carboxylic acids is 1. The maximum Gasteiger partial charge on any atom is 0.237 e. The minimum Gasteiger partial charge on any atom is -0.377 e. The van der Waals surface area contributed by atoms with Crippen molar-refractivity contribution in [2.75, 3.05) is 26.7 Å². The highest BCUT2D eigenvalue weighted by Crippen LogP contribution is 2.16. The van der Waals surface area contributed by atoms with E-state index in [1.807, 2.05) is 20.8 Å². The number of nitrogens with zero attached hydrogens (tertiary/aromatic N) is 1. The Hall–Kier alpha value is -0.650. The normalized spacial score (nSPS) is 22.5. The van der Waals surface area contributed by atoms with Crippen LogP contribution in [0.1, 0.15) is 52.9 Å². The third kappa shape index (κ3) is 6.76. The van der Waals surface area contributed by atoms with Crippen LogP contribution in [0, 0.1) is 0 Å². The fourth-order valence-electron chi connectivity index (χ4n) is 3.00. The summed E-state index contributed by atoms with van der Waals surface area (Å²) in [6.07, 6.45) is 5.71. The largest absolute Gasteiger partial charge is 0.377 e. The van der Waals surface area contributed by atoms with Crippen LogP contribution in [0.15, 0.2) is 0 Å². The first-order valence-electron chi connectivity index (χ1n) is 8.21. The van der Waals surface area contributed by atoms with Crippen LogP contribution < -0.4 is 11.1 Å². The molecule has 0 bridgehead atoms. The van der Waals surface area contributed by atoms with Gasteiger partial charge in [0.15, 0.2) is 0 Å². The lowest BCUT2D eigenvalue weighted by Crippen LogP contribution is -2.55. The SMILES string of the molecule is CC(C)NC(C)(CCCN(C)CC1CCCCO1)C(N)=O. The highest BCUT2D eigenvalue weighted by molar-refractivity contribution is 5.84. The molecule has 1 rings (SSSR count). The van der Waals surface area contributed by atoms with Crippen molar-refractivity contribution in [3.05, 3.63) is 0 Å². The number of primary amides is 1. The lowest BCUT2D eigenvalue weighted by molar-refractivity contribution is -0.124. The molecule has 1 amide bonds. The molecule has 2 atom stereocenters. The molecule has 0 aromatic carbocycles. The van der Waals surface area contributed by atoms with Gasteiger partial charge in [-0.25, -0.2) is 0 Å². The van der Waals surface area contributed by atoms with Crippen LogP contribution in [-0.2, 0) is 9.53 Å². The number of hydrogen-bond acceptors (Lipinski definition) is 4. The molecule has 0 saturated carbocycles. The lowest BCUT2D eigenvalue weighted by Gasteiger charge is -2.31. The topological polar surface area (TPSA) is 67.6 Å². The number of amides is 1. The first-order chi connectivity index (χ1) is 9.83. The predicted molar refractivity (Wildman–Crippen MR) is 86.2 cm³/mol. The lowest BCUT2D eigenvalue weighted by atomic mass is 9.93. The molecule has 21 heavy (non-hydrogen) atoms. The average Bonchev–Trinajstić information content (AvgIpc) is 2.38. The van der Waals surface area contributed by atoms with Crippen molar-refractivity contribution in [1.29, 1.82) is 0 Å². The van der Waals surface area contributed by atoms with Gasteiger partial charge in [0.1, 0.15) is 0 Å². The standard InChI is InChI=1S/C16H33N3O2/c1-13(2)18-16(3,15(17)20)9-7-10-19(4)12-14-8-5-6-11-21-14/h13-14,18H,5-12H2,1-4H3,(H2,17,20). The minimum atomic E-state index is -0.615. The van der Waals surface area contributed by atoms with Crippen molar-refractivity contribution in [3.63, 3.8) is 0 Å². The maximum absolute atomic E-state index is 11.7. The van der Waals surface area contributed by atoms with Gasteiger partial charge in [0.05, 0.1) is 11.6 Å². The first-order valence-corrected chi connectivity index (χ1v) is 8.21. The summed E-state index contributed by atoms with van der Waals surface area (Å²) in [6, 6.07) is 0.246. The zero-order valence-electron chi connectivity index (χ0n) is 14.2. The van der Waals surface area contributed by atoms with Gasteiger partial charge >= 0.3 is 0 Å². The number of carbonyl (C=O) groups is 1. The number of likely N-dealkylation sites (N-methyl/N-ethyl adjacent to an activating group) is 1. The molecule has 0 radical (unpaired) electrons. The van der Waals surface area contributed by atoms with Gasteiger partial charge in [-0.15, -0.1) is 0 Å². The van der Waals surface area contributed by atoms with Crippen LogP contribution in [0.25, 0.3) is 0 Å². The molecular weight excluding hydrogens is 266 g/mol. The molecule has 5 nitrogen and oxygen atoms in total. The second-order valence-electron chi connectivity index (χ2n) is 6.85. The van der Waals surface area contributed by atoms with E-state index in [9.17, 15) is 4.79 Å². The summed E-state index contributed by atoms with van der Waals surface area (Å²) >= 11 is 0. The molecule has 0 spiro atoms. The van der Waals surface area contributed by atoms with Crippen LogP contribution in [-0.4, -0.2) is 55.2 Å². The van der Waals surface area contributed by atoms with E-state index in [1.54, 1.807) is 0 Å². The Bertz CT molecular complexity index is 317. The molecule has 5 heteroatoms. The Morgan fingerprint density at radius 1 is 1.48 bits per heavy atom. The minimum absolute atomic E-state index is 0.246. The molecule has 0 aromatic heterocycles. The Balaban J connectivity index is 2.30. The van der Waals surface area contributed by atoms with Crippen LogP contribution in [0.4, 0.5) is 0 Å². The van der Waals surface area contributed by atoms with Crippen molar-refractivity contribution in [2.24, 2.45) is 5.73 Å². The Labute approximate surface area is 129 Å². The van der Waals surface area contributed by atoms with E-state index in [2.05, 4.69) is 17.3 Å². The number of ether oxygens (including phenoxy) is 1. The Morgan fingerprint density at radius 3 is 2.71 bits per heavy atom. The van der Waals surface area contributed by atoms with Gasteiger partial charge in [-0.05, 0) is 66.5 Å². The van der Waals surface area contributed by atoms with Gasteiger partial charge in [0.25, 0.3) is 0 Å². The summed E-state index contributed by atoms with van der Waals surface area (Å²) in [5, 5.41) is 3.29. The molecule has 1 aliphatic heterocycles. The van der Waals surface area contributed by atoms with Crippen LogP contribution in [0.3, 0.4) is 0 Å². The summed E-state index contributed by atoms with van der Waals surface area (Å²) in [6.45, 7) is 8.81. The summed E-state index contributed by atoms with van der Waals surface area (Å²) in [5.41, 5.74) is 4.94. The van der Waals surface area contributed by atoms with E-state index in [1.165, 1.54) is 12.8 Å². The zero-order valence-corrected chi connectivity index (χ0v) is 14.2. The second-order valence-corrected chi connectivity index (χ2v) is 6.85. The Kier molecular flexibility index (Phi) is 7.63. The smallest absolute Gasteiger partial charge is 0.237 e. The Morgan fingerprint density at radius 2 is 2.19 bits per heavy atom. The quantitative estimate of drug-likeness (QED) is 0.677. The van der Waals surface area contributed by atoms with Gasteiger partial charge < -0.3 is 20.7 Å². The molecule has 124 valence electrons. The number of rotatable bonds is 9. The van der Waals surface area contributed by atoms with Gasteiger partial charge in [0.2, 0.25) is 5.91 Å². The van der Waals surface area contributed by atoms with Crippen molar-refractivity contribution in [2.45, 2.75) is 70.6 Å². The molecule has 1 fully saturated rings. The number of nitrogens with two attached hydrogens (primary N) is 1. The van der Waals surface area contributed by atoms with Gasteiger partial charge in [0, 0.05) is 19.2 Å². The molecular formula is C16H33N3O2. The summed E-state index contributed by atoms with van der Waals surface area (Å²) in [4.78, 5) is 14.0. The van der Waals surface area contributed by atoms with E-state index in [4.69, 9.17) is 10.5 Å². The van der Waals surface area contributed by atoms with E-state index in [0.29, 0.717) is 6.10 Å². The van der Waals surface area contributed by atoms with E-state index < -0.39 is 5.54 Å². The molecule has 0 aromatic rings. The third-order valence-corrected chi connectivity index (χ3v) is 4.16. The molecule has 0 aliphatic carbocycles. The van der Waals surface area contributed by atoms with Crippen molar-refractivity contribution in [3.8, 4) is 0 Å². The molecule has 1 heterocycles. The van der Waals surface area contributed by atoms with E-state index in [0.717, 1.165) is 39.0 Å². The van der Waals surface area contributed by atoms with Crippen molar-refractivity contribution >= 4 is 5.91 Å². The van der Waals surface area contributed by atoms with Gasteiger partial charge in [-0.3, -0.25) is 4.79 Å². The van der Waals surface area contributed by atoms with Crippen molar-refractivity contribution < 1.29 is 9.53 Å². The second kappa shape index (κ2) is 8.71. The van der Waals surface area contributed by atoms with Crippen LogP contribution in [0.5, 0.6) is 0 Å². The fourth-order valence-corrected chi connectivity index (χ4v) is 3.00. The van der Waals surface area contributed by atoms with Crippen LogP contribution >= 0.6 is 0 Å². The summed E-state index contributed by atoms with van der Waals surface area (Å²) in [7, 11) is 2.12. The zero-order chi connectivity index (χ0) is 15.9.